The summed E-state index contributed by atoms with van der Waals surface area (Å²) >= 11 is 1.39. The standard InChI is InChI=1S/C21H27N3O3S/c1-3-14-11-16-12-17(27-2)9-10-18(16)22-21(14)28-13-19(25)23-24-20(26)15-7-5-4-6-8-15/h9-12,15H,3-8,13H2,1-2H3,(H,23,25)(H,24,26). The molecule has 7 heteroatoms. The number of benzene rings is 1. The van der Waals surface area contributed by atoms with E-state index in [4.69, 9.17) is 9.72 Å². The SMILES string of the molecule is CCc1cc2cc(OC)ccc2nc1SCC(=O)NNC(=O)C1CCCCC1. The summed E-state index contributed by atoms with van der Waals surface area (Å²) in [7, 11) is 1.64. The van der Waals surface area contributed by atoms with E-state index in [1.165, 1.54) is 18.2 Å². The van der Waals surface area contributed by atoms with Gasteiger partial charge in [0.15, 0.2) is 0 Å². The van der Waals surface area contributed by atoms with Crippen molar-refractivity contribution in [3.8, 4) is 5.75 Å². The summed E-state index contributed by atoms with van der Waals surface area (Å²) in [5.74, 6) is 0.711. The number of nitrogens with zero attached hydrogens (tertiary/aromatic N) is 1. The molecule has 0 aliphatic heterocycles. The minimum atomic E-state index is -0.229. The van der Waals surface area contributed by atoms with Gasteiger partial charge in [0.05, 0.1) is 18.4 Å². The zero-order valence-electron chi connectivity index (χ0n) is 16.4. The lowest BCUT2D eigenvalue weighted by atomic mass is 9.89. The first-order valence-electron chi connectivity index (χ1n) is 9.80. The van der Waals surface area contributed by atoms with Gasteiger partial charge in [-0.05, 0) is 49.1 Å². The quantitative estimate of drug-likeness (QED) is 0.571. The molecule has 0 saturated heterocycles. The predicted octanol–water partition coefficient (Wildman–Crippen LogP) is 3.63. The Morgan fingerprint density at radius 3 is 2.68 bits per heavy atom. The molecule has 0 radical (unpaired) electrons. The molecule has 1 aromatic heterocycles. The molecule has 2 N–H and O–H groups in total. The summed E-state index contributed by atoms with van der Waals surface area (Å²) < 4.78 is 5.27. The highest BCUT2D eigenvalue weighted by Crippen LogP contribution is 2.27. The first kappa shape index (κ1) is 20.5. The highest BCUT2D eigenvalue weighted by molar-refractivity contribution is 7.99. The molecule has 3 rings (SSSR count). The van der Waals surface area contributed by atoms with Gasteiger partial charge in [-0.3, -0.25) is 20.4 Å². The minimum Gasteiger partial charge on any atom is -0.497 e. The van der Waals surface area contributed by atoms with Crippen molar-refractivity contribution in [2.24, 2.45) is 5.92 Å². The fourth-order valence-electron chi connectivity index (χ4n) is 3.45. The van der Waals surface area contributed by atoms with Crippen molar-refractivity contribution in [1.29, 1.82) is 0 Å². The number of hydrogen-bond acceptors (Lipinski definition) is 5. The maximum Gasteiger partial charge on any atom is 0.248 e. The van der Waals surface area contributed by atoms with E-state index >= 15 is 0 Å². The number of aryl methyl sites for hydroxylation is 1. The number of rotatable bonds is 6. The van der Waals surface area contributed by atoms with Crippen LogP contribution in [0.1, 0.15) is 44.6 Å². The molecule has 2 amide bonds. The van der Waals surface area contributed by atoms with Crippen LogP contribution in [-0.4, -0.2) is 29.7 Å². The Balaban J connectivity index is 1.57. The highest BCUT2D eigenvalue weighted by Gasteiger charge is 2.21. The zero-order valence-corrected chi connectivity index (χ0v) is 17.2. The van der Waals surface area contributed by atoms with E-state index in [1.807, 2.05) is 18.2 Å². The van der Waals surface area contributed by atoms with Crippen molar-refractivity contribution < 1.29 is 14.3 Å². The van der Waals surface area contributed by atoms with Crippen LogP contribution in [0, 0.1) is 5.92 Å². The second kappa shape index (κ2) is 9.78. The maximum atomic E-state index is 12.2. The number of carbonyl (C=O) groups excluding carboxylic acids is 2. The van der Waals surface area contributed by atoms with Crippen LogP contribution in [0.3, 0.4) is 0 Å². The second-order valence-electron chi connectivity index (χ2n) is 7.03. The molecule has 6 nitrogen and oxygen atoms in total. The number of hydrazine groups is 1. The Hall–Kier alpha value is -2.28. The van der Waals surface area contributed by atoms with Crippen LogP contribution in [0.15, 0.2) is 29.3 Å². The zero-order chi connectivity index (χ0) is 19.9. The largest absolute Gasteiger partial charge is 0.497 e. The van der Waals surface area contributed by atoms with Crippen molar-refractivity contribution in [3.05, 3.63) is 29.8 Å². The average molecular weight is 402 g/mol. The van der Waals surface area contributed by atoms with Crippen LogP contribution in [0.25, 0.3) is 10.9 Å². The van der Waals surface area contributed by atoms with Crippen molar-refractivity contribution in [2.45, 2.75) is 50.5 Å². The summed E-state index contributed by atoms with van der Waals surface area (Å²) in [6.45, 7) is 2.07. The topological polar surface area (TPSA) is 80.3 Å². The van der Waals surface area contributed by atoms with Crippen molar-refractivity contribution >= 4 is 34.5 Å². The number of carbonyl (C=O) groups is 2. The number of ether oxygens (including phenoxy) is 1. The van der Waals surface area contributed by atoms with Crippen LogP contribution in [0.2, 0.25) is 0 Å². The normalized spacial score (nSPS) is 14.6. The van der Waals surface area contributed by atoms with Crippen LogP contribution < -0.4 is 15.6 Å². The molecule has 1 saturated carbocycles. The van der Waals surface area contributed by atoms with Gasteiger partial charge in [-0.2, -0.15) is 0 Å². The Bertz CT molecular complexity index is 850. The van der Waals surface area contributed by atoms with Gasteiger partial charge in [0.25, 0.3) is 0 Å². The van der Waals surface area contributed by atoms with Gasteiger partial charge in [0.2, 0.25) is 11.8 Å². The van der Waals surface area contributed by atoms with E-state index in [9.17, 15) is 9.59 Å². The highest BCUT2D eigenvalue weighted by atomic mass is 32.2. The van der Waals surface area contributed by atoms with Crippen LogP contribution in [0.5, 0.6) is 5.75 Å². The monoisotopic (exact) mass is 401 g/mol. The van der Waals surface area contributed by atoms with Gasteiger partial charge in [0.1, 0.15) is 10.8 Å². The molecule has 0 atom stereocenters. The molecular weight excluding hydrogens is 374 g/mol. The third-order valence-corrected chi connectivity index (χ3v) is 6.12. The van der Waals surface area contributed by atoms with Gasteiger partial charge in [-0.1, -0.05) is 37.9 Å². The van der Waals surface area contributed by atoms with Crippen LogP contribution in [0.4, 0.5) is 0 Å². The third-order valence-electron chi connectivity index (χ3n) is 5.08. The van der Waals surface area contributed by atoms with Crippen molar-refractivity contribution in [3.63, 3.8) is 0 Å². The van der Waals surface area contributed by atoms with E-state index in [-0.39, 0.29) is 23.5 Å². The molecule has 0 spiro atoms. The average Bonchev–Trinajstić information content (AvgIpc) is 2.75. The number of aromatic nitrogens is 1. The first-order chi connectivity index (χ1) is 13.6. The molecule has 150 valence electrons. The fourth-order valence-corrected chi connectivity index (χ4v) is 4.35. The number of pyridine rings is 1. The summed E-state index contributed by atoms with van der Waals surface area (Å²) in [6, 6.07) is 7.85. The number of thioether (sulfide) groups is 1. The third kappa shape index (κ3) is 5.16. The molecule has 1 aromatic carbocycles. The molecule has 1 heterocycles. The van der Waals surface area contributed by atoms with E-state index in [1.54, 1.807) is 7.11 Å². The molecule has 1 aliphatic carbocycles. The number of fused-ring (bicyclic) bond motifs is 1. The molecule has 28 heavy (non-hydrogen) atoms. The summed E-state index contributed by atoms with van der Waals surface area (Å²) in [4.78, 5) is 29.0. The lowest BCUT2D eigenvalue weighted by Gasteiger charge is -2.20. The maximum absolute atomic E-state index is 12.2. The molecule has 1 fully saturated rings. The molecule has 2 aromatic rings. The Morgan fingerprint density at radius 2 is 1.96 bits per heavy atom. The first-order valence-corrected chi connectivity index (χ1v) is 10.8. The van der Waals surface area contributed by atoms with Crippen molar-refractivity contribution in [1.82, 2.24) is 15.8 Å². The van der Waals surface area contributed by atoms with Crippen LogP contribution >= 0.6 is 11.8 Å². The Morgan fingerprint density at radius 1 is 1.18 bits per heavy atom. The van der Waals surface area contributed by atoms with E-state index in [2.05, 4.69) is 23.8 Å². The van der Waals surface area contributed by atoms with E-state index < -0.39 is 0 Å². The molecule has 1 aliphatic rings. The van der Waals surface area contributed by atoms with Gasteiger partial charge in [0, 0.05) is 11.3 Å². The smallest absolute Gasteiger partial charge is 0.248 e. The van der Waals surface area contributed by atoms with Crippen molar-refractivity contribution in [2.75, 3.05) is 12.9 Å². The summed E-state index contributed by atoms with van der Waals surface area (Å²) in [5, 5.41) is 1.86. The van der Waals surface area contributed by atoms with Gasteiger partial charge >= 0.3 is 0 Å². The molecular formula is C21H27N3O3S. The number of amides is 2. The Labute approximate surface area is 169 Å². The number of methoxy groups -OCH3 is 1. The predicted molar refractivity (Wildman–Crippen MR) is 111 cm³/mol. The van der Waals surface area contributed by atoms with Crippen LogP contribution in [-0.2, 0) is 16.0 Å². The van der Waals surface area contributed by atoms with Gasteiger partial charge in [-0.15, -0.1) is 0 Å². The number of hydrogen-bond donors (Lipinski definition) is 2. The van der Waals surface area contributed by atoms with E-state index in [0.717, 1.165) is 59.3 Å². The lowest BCUT2D eigenvalue weighted by Crippen LogP contribution is -2.45. The molecule has 0 bridgehead atoms. The lowest BCUT2D eigenvalue weighted by molar-refractivity contribution is -0.131. The Kier molecular flexibility index (Phi) is 7.14. The van der Waals surface area contributed by atoms with Gasteiger partial charge < -0.3 is 4.74 Å². The minimum absolute atomic E-state index is 0.0209. The summed E-state index contributed by atoms with van der Waals surface area (Å²) in [5.41, 5.74) is 7.06. The second-order valence-corrected chi connectivity index (χ2v) is 7.99. The molecule has 0 unspecified atom stereocenters. The van der Waals surface area contributed by atoms with E-state index in [0.29, 0.717) is 0 Å². The fraction of sp³-hybridized carbons (Fsp3) is 0.476. The summed E-state index contributed by atoms with van der Waals surface area (Å²) in [6.07, 6.45) is 5.99. The van der Waals surface area contributed by atoms with Gasteiger partial charge in [-0.25, -0.2) is 4.98 Å². The number of nitrogens with one attached hydrogen (secondary N) is 2.